The lowest BCUT2D eigenvalue weighted by Gasteiger charge is -2.26. The number of aromatic nitrogens is 1. The molecule has 1 heterocycles. The molecule has 2 aromatic rings. The predicted molar refractivity (Wildman–Crippen MR) is 86.8 cm³/mol. The Kier molecular flexibility index (Phi) is 4.27. The second kappa shape index (κ2) is 6.34. The summed E-state index contributed by atoms with van der Waals surface area (Å²) in [7, 11) is 1.74. The minimum atomic E-state index is -0.421. The van der Waals surface area contributed by atoms with Crippen LogP contribution in [0.2, 0.25) is 0 Å². The molecule has 1 aromatic carbocycles. The van der Waals surface area contributed by atoms with Crippen molar-refractivity contribution in [2.24, 2.45) is 5.92 Å². The minimum Gasteiger partial charge on any atom is -0.360 e. The molecule has 1 N–H and O–H groups in total. The van der Waals surface area contributed by atoms with Crippen LogP contribution in [0.4, 0.5) is 0 Å². The normalized spacial score (nSPS) is 15.9. The Labute approximate surface area is 130 Å². The summed E-state index contributed by atoms with van der Waals surface area (Å²) in [6.07, 6.45) is 7.74. The van der Waals surface area contributed by atoms with E-state index in [4.69, 9.17) is 0 Å². The molecular weight excluding hydrogens is 276 g/mol. The van der Waals surface area contributed by atoms with Gasteiger partial charge in [0.2, 0.25) is 0 Å². The second-order valence-corrected chi connectivity index (χ2v) is 6.27. The first-order valence-corrected chi connectivity index (χ1v) is 8.02. The summed E-state index contributed by atoms with van der Waals surface area (Å²) in [5.74, 6) is -0.287. The number of likely N-dealkylation sites (N-methyl/N-ethyl adjacent to an activating group) is 1. The Morgan fingerprint density at radius 3 is 2.68 bits per heavy atom. The topological polar surface area (TPSA) is 53.2 Å². The minimum absolute atomic E-state index is 0.407. The third-order valence-corrected chi connectivity index (χ3v) is 4.63. The Morgan fingerprint density at radius 1 is 1.18 bits per heavy atom. The molecule has 1 aliphatic rings. The molecule has 22 heavy (non-hydrogen) atoms. The smallest absolute Gasteiger partial charge is 0.294 e. The van der Waals surface area contributed by atoms with Crippen molar-refractivity contribution in [3.63, 3.8) is 0 Å². The number of carbonyl (C=O) groups is 2. The number of para-hydroxylation sites is 1. The van der Waals surface area contributed by atoms with Gasteiger partial charge in [0, 0.05) is 30.7 Å². The molecule has 1 aliphatic carbocycles. The number of rotatable bonds is 4. The highest BCUT2D eigenvalue weighted by Crippen LogP contribution is 2.24. The molecule has 1 saturated carbocycles. The molecule has 4 heteroatoms. The average molecular weight is 298 g/mol. The SMILES string of the molecule is CN(CC1CCCCC1)C(=O)C(=O)c1c[nH]c2ccccc12. The van der Waals surface area contributed by atoms with Crippen LogP contribution < -0.4 is 0 Å². The number of Topliss-reactive ketones (excluding diaryl/α,β-unsaturated/α-hetero) is 1. The van der Waals surface area contributed by atoms with E-state index in [-0.39, 0.29) is 0 Å². The fraction of sp³-hybridized carbons (Fsp3) is 0.444. The molecule has 0 bridgehead atoms. The zero-order valence-corrected chi connectivity index (χ0v) is 13.0. The van der Waals surface area contributed by atoms with Crippen LogP contribution in [0.3, 0.4) is 0 Å². The lowest BCUT2D eigenvalue weighted by Crippen LogP contribution is -2.37. The molecule has 0 aliphatic heterocycles. The van der Waals surface area contributed by atoms with E-state index in [0.717, 1.165) is 10.9 Å². The monoisotopic (exact) mass is 298 g/mol. The van der Waals surface area contributed by atoms with Crippen molar-refractivity contribution in [1.82, 2.24) is 9.88 Å². The number of hydrogen-bond donors (Lipinski definition) is 1. The number of amides is 1. The van der Waals surface area contributed by atoms with E-state index in [2.05, 4.69) is 4.98 Å². The van der Waals surface area contributed by atoms with E-state index in [1.165, 1.54) is 32.1 Å². The summed E-state index contributed by atoms with van der Waals surface area (Å²) in [5.41, 5.74) is 1.35. The number of fused-ring (bicyclic) bond motifs is 1. The van der Waals surface area contributed by atoms with E-state index in [9.17, 15) is 9.59 Å². The van der Waals surface area contributed by atoms with Gasteiger partial charge in [-0.3, -0.25) is 9.59 Å². The summed E-state index contributed by atoms with van der Waals surface area (Å²) in [4.78, 5) is 29.6. The molecule has 3 rings (SSSR count). The van der Waals surface area contributed by atoms with E-state index < -0.39 is 11.7 Å². The second-order valence-electron chi connectivity index (χ2n) is 6.27. The molecule has 1 amide bonds. The zero-order valence-electron chi connectivity index (χ0n) is 13.0. The molecule has 0 atom stereocenters. The number of nitrogens with one attached hydrogen (secondary N) is 1. The van der Waals surface area contributed by atoms with Crippen LogP contribution in [-0.2, 0) is 4.79 Å². The summed E-state index contributed by atoms with van der Waals surface area (Å²) in [6, 6.07) is 7.56. The van der Waals surface area contributed by atoms with Crippen molar-refractivity contribution in [1.29, 1.82) is 0 Å². The molecule has 0 radical (unpaired) electrons. The molecule has 4 nitrogen and oxygen atoms in total. The van der Waals surface area contributed by atoms with Crippen molar-refractivity contribution < 1.29 is 9.59 Å². The van der Waals surface area contributed by atoms with Gasteiger partial charge >= 0.3 is 0 Å². The van der Waals surface area contributed by atoms with Crippen molar-refractivity contribution in [3.8, 4) is 0 Å². The van der Waals surface area contributed by atoms with Crippen LogP contribution >= 0.6 is 0 Å². The van der Waals surface area contributed by atoms with Gasteiger partial charge < -0.3 is 9.88 Å². The van der Waals surface area contributed by atoms with Crippen molar-refractivity contribution in [2.75, 3.05) is 13.6 Å². The van der Waals surface area contributed by atoms with Gasteiger partial charge in [0.25, 0.3) is 11.7 Å². The maximum Gasteiger partial charge on any atom is 0.294 e. The number of aromatic amines is 1. The van der Waals surface area contributed by atoms with Crippen LogP contribution in [0.5, 0.6) is 0 Å². The molecular formula is C18H22N2O2. The number of carbonyl (C=O) groups excluding carboxylic acids is 2. The molecule has 1 fully saturated rings. The lowest BCUT2D eigenvalue weighted by molar-refractivity contribution is -0.125. The van der Waals surface area contributed by atoms with Gasteiger partial charge in [-0.1, -0.05) is 37.5 Å². The van der Waals surface area contributed by atoms with E-state index >= 15 is 0 Å². The summed E-state index contributed by atoms with van der Waals surface area (Å²) >= 11 is 0. The fourth-order valence-electron chi connectivity index (χ4n) is 3.39. The molecule has 0 spiro atoms. The largest absolute Gasteiger partial charge is 0.360 e. The highest BCUT2D eigenvalue weighted by molar-refractivity contribution is 6.44. The Bertz CT molecular complexity index is 683. The Balaban J connectivity index is 1.72. The molecule has 1 aromatic heterocycles. The first kappa shape index (κ1) is 14.8. The predicted octanol–water partition coefficient (Wildman–Crippen LogP) is 3.39. The first-order chi connectivity index (χ1) is 10.7. The van der Waals surface area contributed by atoms with Crippen LogP contribution in [0, 0.1) is 5.92 Å². The fourth-order valence-corrected chi connectivity index (χ4v) is 3.39. The Hall–Kier alpha value is -2.10. The Morgan fingerprint density at radius 2 is 1.91 bits per heavy atom. The van der Waals surface area contributed by atoms with Crippen molar-refractivity contribution in [2.45, 2.75) is 32.1 Å². The zero-order chi connectivity index (χ0) is 15.5. The van der Waals surface area contributed by atoms with E-state index in [1.807, 2.05) is 24.3 Å². The van der Waals surface area contributed by atoms with Gasteiger partial charge in [-0.2, -0.15) is 0 Å². The van der Waals surface area contributed by atoms with Crippen LogP contribution in [0.1, 0.15) is 42.5 Å². The highest BCUT2D eigenvalue weighted by Gasteiger charge is 2.25. The lowest BCUT2D eigenvalue weighted by atomic mass is 9.89. The van der Waals surface area contributed by atoms with Crippen LogP contribution in [0.15, 0.2) is 30.5 Å². The van der Waals surface area contributed by atoms with Gasteiger partial charge in [-0.25, -0.2) is 0 Å². The molecule has 0 saturated heterocycles. The van der Waals surface area contributed by atoms with Crippen LogP contribution in [0.25, 0.3) is 10.9 Å². The van der Waals surface area contributed by atoms with Crippen molar-refractivity contribution in [3.05, 3.63) is 36.0 Å². The maximum absolute atomic E-state index is 12.5. The first-order valence-electron chi connectivity index (χ1n) is 8.02. The molecule has 0 unspecified atom stereocenters. The number of nitrogens with zero attached hydrogens (tertiary/aromatic N) is 1. The number of benzene rings is 1. The quantitative estimate of drug-likeness (QED) is 0.695. The maximum atomic E-state index is 12.5. The van der Waals surface area contributed by atoms with E-state index in [0.29, 0.717) is 18.0 Å². The van der Waals surface area contributed by atoms with Gasteiger partial charge in [-0.05, 0) is 24.8 Å². The summed E-state index contributed by atoms with van der Waals surface area (Å²) < 4.78 is 0. The third-order valence-electron chi connectivity index (χ3n) is 4.63. The standard InChI is InChI=1S/C18H22N2O2/c1-20(12-13-7-3-2-4-8-13)18(22)17(21)15-11-19-16-10-6-5-9-14(15)16/h5-6,9-11,13,19H,2-4,7-8,12H2,1H3. The number of hydrogen-bond acceptors (Lipinski definition) is 2. The summed E-state index contributed by atoms with van der Waals surface area (Å²) in [5, 5.41) is 0.812. The van der Waals surface area contributed by atoms with Crippen molar-refractivity contribution >= 4 is 22.6 Å². The van der Waals surface area contributed by atoms with E-state index in [1.54, 1.807) is 18.1 Å². The number of H-pyrrole nitrogens is 1. The molecule has 116 valence electrons. The van der Waals surface area contributed by atoms with Gasteiger partial charge in [0.15, 0.2) is 0 Å². The van der Waals surface area contributed by atoms with Gasteiger partial charge in [-0.15, -0.1) is 0 Å². The van der Waals surface area contributed by atoms with Gasteiger partial charge in [0.1, 0.15) is 0 Å². The highest BCUT2D eigenvalue weighted by atomic mass is 16.2. The third kappa shape index (κ3) is 2.91. The summed E-state index contributed by atoms with van der Waals surface area (Å²) in [6.45, 7) is 0.687. The average Bonchev–Trinajstić information content (AvgIpc) is 2.98. The number of ketones is 1. The van der Waals surface area contributed by atoms with Crippen LogP contribution in [-0.4, -0.2) is 35.2 Å². The van der Waals surface area contributed by atoms with Gasteiger partial charge in [0.05, 0.1) is 5.56 Å².